The fraction of sp³-hybridized carbons (Fsp3) is 0.690. The Bertz CT molecular complexity index is 958. The van der Waals surface area contributed by atoms with Crippen LogP contribution < -0.4 is 5.32 Å². The zero-order valence-electron chi connectivity index (χ0n) is 21.1. The molecule has 36 heavy (non-hydrogen) atoms. The van der Waals surface area contributed by atoms with Gasteiger partial charge in [-0.25, -0.2) is 0 Å². The zero-order chi connectivity index (χ0) is 25.1. The Kier molecular flexibility index (Phi) is 7.94. The van der Waals surface area contributed by atoms with Crippen molar-refractivity contribution in [1.82, 2.24) is 10.2 Å². The number of piperidine rings is 1. The standard InChI is InChI=1S/C29H39F3N2O2/c30-29(31,32)24-11-9-21(10-12-24)28(35)33-25-13-7-20(8-14-25)15-17-34-16-2-1-5-26(34)23-18-22-4-3-6-27(22)36-19-23/h3-4,6,18-21,24-26H,1-2,5,7-17H2,(H,33,35)/t20-,21?,24?,25-,26?. The van der Waals surface area contributed by atoms with Gasteiger partial charge in [-0.2, -0.15) is 13.2 Å². The summed E-state index contributed by atoms with van der Waals surface area (Å²) in [7, 11) is 0. The van der Waals surface area contributed by atoms with Crippen molar-refractivity contribution < 1.29 is 22.4 Å². The van der Waals surface area contributed by atoms with Gasteiger partial charge in [0.15, 0.2) is 0 Å². The van der Waals surface area contributed by atoms with Gasteiger partial charge in [0.1, 0.15) is 5.76 Å². The first-order valence-electron chi connectivity index (χ1n) is 13.9. The van der Waals surface area contributed by atoms with Crippen LogP contribution in [-0.2, 0) is 4.79 Å². The zero-order valence-corrected chi connectivity index (χ0v) is 21.1. The van der Waals surface area contributed by atoms with Crippen molar-refractivity contribution in [3.8, 4) is 11.3 Å². The summed E-state index contributed by atoms with van der Waals surface area (Å²) in [6.07, 6.45) is 7.71. The van der Waals surface area contributed by atoms with E-state index in [-0.39, 0.29) is 30.7 Å². The number of carbonyl (C=O) groups excluding carboxylic acids is 1. The van der Waals surface area contributed by atoms with Gasteiger partial charge in [-0.15, -0.1) is 0 Å². The molecular weight excluding hydrogens is 465 g/mol. The molecule has 3 fully saturated rings. The molecule has 0 aromatic heterocycles. The summed E-state index contributed by atoms with van der Waals surface area (Å²) >= 11 is 0. The van der Waals surface area contributed by atoms with Crippen LogP contribution >= 0.6 is 0 Å². The molecule has 1 saturated heterocycles. The molecule has 1 unspecified atom stereocenters. The smallest absolute Gasteiger partial charge is 0.391 e. The average Bonchev–Trinajstić information content (AvgIpc) is 3.36. The molecule has 198 valence electrons. The Morgan fingerprint density at radius 3 is 2.53 bits per heavy atom. The second kappa shape index (κ2) is 11.2. The Balaban J connectivity index is 1.06. The SMILES string of the molecule is O=C(N[C@H]1CC[C@H](CCN2CCCCC2c2coc3cccc-3c2)CC1)C1CCC(C(F)(F)F)CC1. The number of rotatable bonds is 6. The quantitative estimate of drug-likeness (QED) is 0.447. The minimum absolute atomic E-state index is 0.0255. The number of likely N-dealkylation sites (tertiary alicyclic amines) is 1. The molecule has 1 N–H and O–H groups in total. The number of hydrogen-bond acceptors (Lipinski definition) is 3. The van der Waals surface area contributed by atoms with Gasteiger partial charge in [0.05, 0.1) is 12.2 Å². The van der Waals surface area contributed by atoms with Crippen LogP contribution in [0.25, 0.3) is 11.3 Å². The minimum atomic E-state index is -4.12. The van der Waals surface area contributed by atoms with Gasteiger partial charge in [-0.1, -0.05) is 18.6 Å². The second-order valence-corrected chi connectivity index (χ2v) is 11.4. The second-order valence-electron chi connectivity index (χ2n) is 11.4. The van der Waals surface area contributed by atoms with Gasteiger partial charge in [0.25, 0.3) is 0 Å². The fourth-order valence-electron chi connectivity index (χ4n) is 6.75. The van der Waals surface area contributed by atoms with E-state index in [1.165, 1.54) is 36.8 Å². The predicted octanol–water partition coefficient (Wildman–Crippen LogP) is 7.35. The molecule has 4 nitrogen and oxygen atoms in total. The third-order valence-electron chi connectivity index (χ3n) is 9.03. The highest BCUT2D eigenvalue weighted by Gasteiger charge is 2.42. The molecule has 2 aliphatic heterocycles. The van der Waals surface area contributed by atoms with Gasteiger partial charge in [0.2, 0.25) is 5.91 Å². The third kappa shape index (κ3) is 6.09. The number of hydrogen-bond donors (Lipinski definition) is 1. The number of fused-ring (bicyclic) bond motifs is 1. The van der Waals surface area contributed by atoms with E-state index < -0.39 is 12.1 Å². The lowest BCUT2D eigenvalue weighted by molar-refractivity contribution is -0.184. The maximum absolute atomic E-state index is 12.9. The van der Waals surface area contributed by atoms with Gasteiger partial charge in [-0.3, -0.25) is 9.69 Å². The molecule has 0 aromatic carbocycles. The maximum atomic E-state index is 12.9. The first-order valence-corrected chi connectivity index (χ1v) is 13.9. The summed E-state index contributed by atoms with van der Waals surface area (Å²) in [5.41, 5.74) is 2.45. The highest BCUT2D eigenvalue weighted by molar-refractivity contribution is 5.79. The van der Waals surface area contributed by atoms with Gasteiger partial charge in [0, 0.05) is 29.1 Å². The molecule has 5 rings (SSSR count). The summed E-state index contributed by atoms with van der Waals surface area (Å²) in [5.74, 6) is 0.104. The fourth-order valence-corrected chi connectivity index (χ4v) is 6.75. The lowest BCUT2D eigenvalue weighted by Gasteiger charge is -2.38. The molecule has 2 heterocycles. The monoisotopic (exact) mass is 504 g/mol. The summed E-state index contributed by atoms with van der Waals surface area (Å²) < 4.78 is 44.6. The number of carbonyl (C=O) groups is 1. The Hall–Kier alpha value is -2.02. The van der Waals surface area contributed by atoms with Crippen LogP contribution in [0.1, 0.15) is 88.7 Å². The van der Waals surface area contributed by atoms with Crippen LogP contribution in [0, 0.1) is 17.8 Å². The van der Waals surface area contributed by atoms with Crippen LogP contribution in [0.15, 0.2) is 34.9 Å². The highest BCUT2D eigenvalue weighted by atomic mass is 19.4. The third-order valence-corrected chi connectivity index (χ3v) is 9.03. The minimum Gasteiger partial charge on any atom is -0.464 e. The number of nitrogens with one attached hydrogen (secondary N) is 1. The largest absolute Gasteiger partial charge is 0.464 e. The summed E-state index contributed by atoms with van der Waals surface area (Å²) in [6, 6.07) is 9.04. The molecule has 0 aromatic rings. The lowest BCUT2D eigenvalue weighted by atomic mass is 9.80. The normalized spacial score (nSPS) is 30.4. The number of nitrogens with zero attached hydrogens (tertiary/aromatic N) is 1. The van der Waals surface area contributed by atoms with E-state index in [4.69, 9.17) is 4.42 Å². The van der Waals surface area contributed by atoms with E-state index in [1.54, 1.807) is 0 Å². The molecule has 1 amide bonds. The van der Waals surface area contributed by atoms with Crippen LogP contribution in [0.4, 0.5) is 13.2 Å². The number of alkyl halides is 3. The van der Waals surface area contributed by atoms with Crippen LogP contribution in [-0.4, -0.2) is 36.1 Å². The molecule has 5 aliphatic rings. The van der Waals surface area contributed by atoms with Crippen molar-refractivity contribution in [2.75, 3.05) is 13.1 Å². The molecule has 0 spiro atoms. The Morgan fingerprint density at radius 2 is 1.78 bits per heavy atom. The first-order chi connectivity index (χ1) is 17.4. The molecule has 1 atom stereocenters. The average molecular weight is 505 g/mol. The van der Waals surface area contributed by atoms with Crippen molar-refractivity contribution >= 4 is 5.91 Å². The van der Waals surface area contributed by atoms with Crippen LogP contribution in [0.2, 0.25) is 0 Å². The van der Waals surface area contributed by atoms with E-state index >= 15 is 0 Å². The van der Waals surface area contributed by atoms with E-state index in [0.717, 1.165) is 44.5 Å². The molecule has 7 heteroatoms. The van der Waals surface area contributed by atoms with Crippen LogP contribution in [0.5, 0.6) is 0 Å². The maximum Gasteiger partial charge on any atom is 0.391 e. The summed E-state index contributed by atoms with van der Waals surface area (Å²) in [6.45, 7) is 2.22. The Morgan fingerprint density at radius 1 is 1.00 bits per heavy atom. The van der Waals surface area contributed by atoms with Crippen LogP contribution in [0.3, 0.4) is 0 Å². The molecular formula is C29H39F3N2O2. The number of halogens is 3. The van der Waals surface area contributed by atoms with E-state index in [9.17, 15) is 18.0 Å². The van der Waals surface area contributed by atoms with E-state index in [0.29, 0.717) is 24.8 Å². The van der Waals surface area contributed by atoms with E-state index in [2.05, 4.69) is 22.3 Å². The van der Waals surface area contributed by atoms with Crippen molar-refractivity contribution in [2.24, 2.45) is 17.8 Å². The van der Waals surface area contributed by atoms with Gasteiger partial charge < -0.3 is 9.73 Å². The predicted molar refractivity (Wildman–Crippen MR) is 134 cm³/mol. The van der Waals surface area contributed by atoms with Crippen molar-refractivity contribution in [3.05, 3.63) is 36.1 Å². The molecule has 0 bridgehead atoms. The topological polar surface area (TPSA) is 45.5 Å². The Labute approximate surface area is 212 Å². The summed E-state index contributed by atoms with van der Waals surface area (Å²) in [4.78, 5) is 15.3. The van der Waals surface area contributed by atoms with Crippen molar-refractivity contribution in [1.29, 1.82) is 0 Å². The van der Waals surface area contributed by atoms with Crippen molar-refractivity contribution in [3.63, 3.8) is 0 Å². The summed E-state index contributed by atoms with van der Waals surface area (Å²) in [5, 5.41) is 3.17. The van der Waals surface area contributed by atoms with E-state index in [1.807, 2.05) is 18.4 Å². The highest BCUT2D eigenvalue weighted by Crippen LogP contribution is 2.40. The lowest BCUT2D eigenvalue weighted by Crippen LogP contribution is -2.43. The molecule has 2 saturated carbocycles. The van der Waals surface area contributed by atoms with Gasteiger partial charge >= 0.3 is 6.18 Å². The van der Waals surface area contributed by atoms with Gasteiger partial charge in [-0.05, 0) is 102 Å². The molecule has 3 aliphatic carbocycles. The van der Waals surface area contributed by atoms with Crippen molar-refractivity contribution in [2.45, 2.75) is 95.3 Å². The number of amides is 1. The molecule has 0 radical (unpaired) electrons. The first kappa shape index (κ1) is 25.6.